The van der Waals surface area contributed by atoms with Gasteiger partial charge in [0.25, 0.3) is 0 Å². The highest BCUT2D eigenvalue weighted by Crippen LogP contribution is 2.23. The molecule has 21 heavy (non-hydrogen) atoms. The molecular formula is C17H20N2O2. The summed E-state index contributed by atoms with van der Waals surface area (Å²) in [6, 6.07) is 11.2. The molecule has 0 unspecified atom stereocenters. The molecule has 0 amide bonds. The van der Waals surface area contributed by atoms with Crippen molar-refractivity contribution in [2.45, 2.75) is 33.1 Å². The minimum Gasteiger partial charge on any atom is -0.478 e. The number of para-hydroxylation sites is 1. The predicted molar refractivity (Wildman–Crippen MR) is 84.4 cm³/mol. The van der Waals surface area contributed by atoms with Crippen LogP contribution >= 0.6 is 0 Å². The number of carboxylic acids is 1. The Labute approximate surface area is 124 Å². The fourth-order valence-electron chi connectivity index (χ4n) is 2.12. The van der Waals surface area contributed by atoms with Crippen LogP contribution in [0.4, 0.5) is 11.5 Å². The number of anilines is 2. The van der Waals surface area contributed by atoms with Crippen LogP contribution in [0, 0.1) is 0 Å². The number of aryl methyl sites for hydroxylation is 1. The van der Waals surface area contributed by atoms with Gasteiger partial charge in [0.1, 0.15) is 5.82 Å². The molecule has 1 aromatic carbocycles. The van der Waals surface area contributed by atoms with Crippen LogP contribution in [0.1, 0.15) is 48.3 Å². The van der Waals surface area contributed by atoms with E-state index in [0.29, 0.717) is 5.82 Å². The zero-order chi connectivity index (χ0) is 15.4. The lowest BCUT2D eigenvalue weighted by molar-refractivity contribution is 0.0696. The summed E-state index contributed by atoms with van der Waals surface area (Å²) >= 11 is 0. The lowest BCUT2D eigenvalue weighted by Gasteiger charge is -2.13. The molecule has 2 rings (SSSR count). The van der Waals surface area contributed by atoms with Gasteiger partial charge in [0.15, 0.2) is 0 Å². The summed E-state index contributed by atoms with van der Waals surface area (Å²) in [5.41, 5.74) is 3.16. The summed E-state index contributed by atoms with van der Waals surface area (Å²) in [6.45, 7) is 6.08. The Morgan fingerprint density at radius 3 is 2.62 bits per heavy atom. The molecule has 0 saturated heterocycles. The van der Waals surface area contributed by atoms with Gasteiger partial charge in [-0.2, -0.15) is 0 Å². The summed E-state index contributed by atoms with van der Waals surface area (Å²) in [5.74, 6) is -0.197. The van der Waals surface area contributed by atoms with Gasteiger partial charge in [-0.05, 0) is 36.1 Å². The number of aromatic carboxylic acids is 1. The van der Waals surface area contributed by atoms with Crippen LogP contribution in [0.3, 0.4) is 0 Å². The van der Waals surface area contributed by atoms with Crippen molar-refractivity contribution in [1.29, 1.82) is 0 Å². The summed E-state index contributed by atoms with van der Waals surface area (Å²) in [4.78, 5) is 15.8. The summed E-state index contributed by atoms with van der Waals surface area (Å²) in [6.07, 6.45) is 0.902. The van der Waals surface area contributed by atoms with E-state index in [0.717, 1.165) is 17.8 Å². The van der Waals surface area contributed by atoms with Gasteiger partial charge in [0.05, 0.1) is 5.56 Å². The fraction of sp³-hybridized carbons (Fsp3) is 0.294. The molecule has 4 heteroatoms. The van der Waals surface area contributed by atoms with E-state index < -0.39 is 5.97 Å². The number of hydrogen-bond donors (Lipinski definition) is 2. The number of rotatable bonds is 5. The highest BCUT2D eigenvalue weighted by atomic mass is 16.4. The SMILES string of the molecule is CCc1ccccc1Nc1cc(C(=O)O)cc(C(C)C)n1. The van der Waals surface area contributed by atoms with Gasteiger partial charge >= 0.3 is 5.97 Å². The van der Waals surface area contributed by atoms with E-state index in [-0.39, 0.29) is 11.5 Å². The van der Waals surface area contributed by atoms with Crippen molar-refractivity contribution in [3.63, 3.8) is 0 Å². The van der Waals surface area contributed by atoms with Crippen LogP contribution in [-0.2, 0) is 6.42 Å². The third kappa shape index (κ3) is 3.60. The second kappa shape index (κ2) is 6.39. The van der Waals surface area contributed by atoms with Crippen molar-refractivity contribution >= 4 is 17.5 Å². The van der Waals surface area contributed by atoms with Crippen LogP contribution in [0.15, 0.2) is 36.4 Å². The van der Waals surface area contributed by atoms with Crippen molar-refractivity contribution in [2.75, 3.05) is 5.32 Å². The smallest absolute Gasteiger partial charge is 0.335 e. The zero-order valence-corrected chi connectivity index (χ0v) is 12.6. The molecule has 1 aromatic heterocycles. The summed E-state index contributed by atoms with van der Waals surface area (Å²) < 4.78 is 0. The minimum atomic E-state index is -0.939. The number of hydrogen-bond acceptors (Lipinski definition) is 3. The Bertz CT molecular complexity index is 651. The van der Waals surface area contributed by atoms with Crippen LogP contribution in [0.2, 0.25) is 0 Å². The number of carboxylic acid groups (broad SMARTS) is 1. The monoisotopic (exact) mass is 284 g/mol. The standard InChI is InChI=1S/C17H20N2O2/c1-4-12-7-5-6-8-14(12)18-16-10-13(17(20)21)9-15(19-16)11(2)3/h5-11H,4H2,1-3H3,(H,18,19)(H,20,21). The third-order valence-corrected chi connectivity index (χ3v) is 3.34. The van der Waals surface area contributed by atoms with Gasteiger partial charge in [0.2, 0.25) is 0 Å². The Balaban J connectivity index is 2.41. The Kier molecular flexibility index (Phi) is 4.58. The Hall–Kier alpha value is -2.36. The van der Waals surface area contributed by atoms with E-state index in [4.69, 9.17) is 0 Å². The van der Waals surface area contributed by atoms with Crippen LogP contribution in [0.5, 0.6) is 0 Å². The first-order valence-electron chi connectivity index (χ1n) is 7.11. The van der Waals surface area contributed by atoms with Crippen molar-refractivity contribution in [1.82, 2.24) is 4.98 Å². The number of aromatic nitrogens is 1. The molecule has 1 heterocycles. The maximum atomic E-state index is 11.2. The van der Waals surface area contributed by atoms with E-state index in [1.54, 1.807) is 12.1 Å². The molecule has 4 nitrogen and oxygen atoms in total. The largest absolute Gasteiger partial charge is 0.478 e. The highest BCUT2D eigenvalue weighted by molar-refractivity contribution is 5.89. The van der Waals surface area contributed by atoms with Crippen LogP contribution in [0.25, 0.3) is 0 Å². The van der Waals surface area contributed by atoms with Crippen molar-refractivity contribution in [3.8, 4) is 0 Å². The molecule has 0 atom stereocenters. The van der Waals surface area contributed by atoms with Gasteiger partial charge in [-0.15, -0.1) is 0 Å². The third-order valence-electron chi connectivity index (χ3n) is 3.34. The molecule has 0 bridgehead atoms. The normalized spacial score (nSPS) is 10.7. The highest BCUT2D eigenvalue weighted by Gasteiger charge is 2.11. The average molecular weight is 284 g/mol. The molecule has 2 N–H and O–H groups in total. The average Bonchev–Trinajstić information content (AvgIpc) is 2.47. The van der Waals surface area contributed by atoms with Gasteiger partial charge in [-0.3, -0.25) is 0 Å². The maximum absolute atomic E-state index is 11.2. The van der Waals surface area contributed by atoms with Crippen LogP contribution in [-0.4, -0.2) is 16.1 Å². The molecule has 0 radical (unpaired) electrons. The molecule has 0 aliphatic heterocycles. The first-order valence-corrected chi connectivity index (χ1v) is 7.11. The molecule has 0 aliphatic rings. The quantitative estimate of drug-likeness (QED) is 0.863. The van der Waals surface area contributed by atoms with E-state index in [1.165, 1.54) is 5.56 Å². The lowest BCUT2D eigenvalue weighted by atomic mass is 10.1. The summed E-state index contributed by atoms with van der Waals surface area (Å²) in [7, 11) is 0. The number of benzene rings is 1. The lowest BCUT2D eigenvalue weighted by Crippen LogP contribution is -2.05. The van der Waals surface area contributed by atoms with Crippen molar-refractivity contribution in [2.24, 2.45) is 0 Å². The van der Waals surface area contributed by atoms with Gasteiger partial charge < -0.3 is 10.4 Å². The molecule has 0 saturated carbocycles. The molecule has 2 aromatic rings. The Morgan fingerprint density at radius 1 is 1.29 bits per heavy atom. The minimum absolute atomic E-state index is 0.172. The van der Waals surface area contributed by atoms with Crippen molar-refractivity contribution < 1.29 is 9.90 Å². The van der Waals surface area contributed by atoms with Crippen molar-refractivity contribution in [3.05, 3.63) is 53.2 Å². The maximum Gasteiger partial charge on any atom is 0.335 e. The number of pyridine rings is 1. The topological polar surface area (TPSA) is 62.2 Å². The molecule has 110 valence electrons. The van der Waals surface area contributed by atoms with Gasteiger partial charge in [-0.1, -0.05) is 39.0 Å². The first-order chi connectivity index (χ1) is 10.0. The van der Waals surface area contributed by atoms with E-state index in [2.05, 4.69) is 17.2 Å². The second-order valence-corrected chi connectivity index (χ2v) is 5.26. The van der Waals surface area contributed by atoms with E-state index >= 15 is 0 Å². The molecule has 0 spiro atoms. The number of carbonyl (C=O) groups is 1. The van der Waals surface area contributed by atoms with Gasteiger partial charge in [-0.25, -0.2) is 9.78 Å². The Morgan fingerprint density at radius 2 is 2.00 bits per heavy atom. The molecule has 0 aliphatic carbocycles. The first kappa shape index (κ1) is 15.0. The fourth-order valence-corrected chi connectivity index (χ4v) is 2.12. The predicted octanol–water partition coefficient (Wildman–Crippen LogP) is 4.21. The second-order valence-electron chi connectivity index (χ2n) is 5.26. The van der Waals surface area contributed by atoms with E-state index in [9.17, 15) is 9.90 Å². The number of nitrogens with zero attached hydrogens (tertiary/aromatic N) is 1. The molecule has 0 fully saturated rings. The van der Waals surface area contributed by atoms with E-state index in [1.807, 2.05) is 38.1 Å². The zero-order valence-electron chi connectivity index (χ0n) is 12.6. The molecular weight excluding hydrogens is 264 g/mol. The summed E-state index contributed by atoms with van der Waals surface area (Å²) in [5, 5.41) is 12.5. The van der Waals surface area contributed by atoms with Gasteiger partial charge in [0, 0.05) is 11.4 Å². The number of nitrogens with one attached hydrogen (secondary N) is 1. The van der Waals surface area contributed by atoms with Crippen LogP contribution < -0.4 is 5.32 Å².